The first-order valence-electron chi connectivity index (χ1n) is 11.0. The van der Waals surface area contributed by atoms with Gasteiger partial charge in [0.05, 0.1) is 17.5 Å². The summed E-state index contributed by atoms with van der Waals surface area (Å²) in [5, 5.41) is 0.739. The van der Waals surface area contributed by atoms with Crippen molar-refractivity contribution in [2.75, 3.05) is 13.1 Å². The maximum absolute atomic E-state index is 12.8. The van der Waals surface area contributed by atoms with E-state index < -0.39 is 0 Å². The predicted octanol–water partition coefficient (Wildman–Crippen LogP) is 4.85. The van der Waals surface area contributed by atoms with E-state index in [2.05, 4.69) is 44.0 Å². The van der Waals surface area contributed by atoms with E-state index in [1.165, 1.54) is 16.7 Å². The number of primary amides is 1. The Bertz CT molecular complexity index is 1100. The summed E-state index contributed by atoms with van der Waals surface area (Å²) < 4.78 is 2.02. The molecule has 1 saturated carbocycles. The van der Waals surface area contributed by atoms with E-state index in [0.29, 0.717) is 25.4 Å². The van der Waals surface area contributed by atoms with Crippen molar-refractivity contribution in [2.24, 2.45) is 23.5 Å². The van der Waals surface area contributed by atoms with E-state index in [1.807, 2.05) is 17.2 Å². The molecule has 0 spiro atoms. The van der Waals surface area contributed by atoms with Gasteiger partial charge in [-0.2, -0.15) is 0 Å². The Morgan fingerprint density at radius 2 is 1.78 bits per heavy atom. The van der Waals surface area contributed by atoms with Crippen LogP contribution in [0.1, 0.15) is 47.6 Å². The number of hydrogen-bond acceptors (Lipinski definition) is 3. The third-order valence-corrected chi connectivity index (χ3v) is 8.52. The van der Waals surface area contributed by atoms with Crippen molar-refractivity contribution in [3.8, 4) is 0 Å². The number of rotatable bonds is 3. The van der Waals surface area contributed by atoms with E-state index in [-0.39, 0.29) is 29.6 Å². The minimum Gasteiger partial charge on any atom is -0.369 e. The summed E-state index contributed by atoms with van der Waals surface area (Å²) in [5.41, 5.74) is 10.3. The van der Waals surface area contributed by atoms with Gasteiger partial charge in [-0.25, -0.2) is 0 Å². The van der Waals surface area contributed by atoms with Crippen molar-refractivity contribution < 1.29 is 9.59 Å². The second-order valence-electron chi connectivity index (χ2n) is 9.15. The molecule has 0 radical (unpaired) electrons. The zero-order chi connectivity index (χ0) is 22.6. The highest BCUT2D eigenvalue weighted by Gasteiger charge is 2.49. The molecule has 2 N–H and O–H groups in total. The predicted molar refractivity (Wildman–Crippen MR) is 130 cm³/mol. The second kappa shape index (κ2) is 8.73. The fraction of sp³-hybridized carbons (Fsp3) is 0.458. The molecule has 1 aromatic carbocycles. The molecule has 2 fully saturated rings. The maximum atomic E-state index is 12.8. The van der Waals surface area contributed by atoms with Gasteiger partial charge in [0.25, 0.3) is 0 Å². The average molecular weight is 582 g/mol. The van der Waals surface area contributed by atoms with Gasteiger partial charge in [0, 0.05) is 39.2 Å². The maximum Gasteiger partial charge on any atom is 0.226 e. The summed E-state index contributed by atoms with van der Waals surface area (Å²) in [6, 6.07) is 6.25. The lowest BCUT2D eigenvalue weighted by atomic mass is 9.76. The molecule has 32 heavy (non-hydrogen) atoms. The van der Waals surface area contributed by atoms with Crippen molar-refractivity contribution in [2.45, 2.75) is 38.0 Å². The molecule has 8 heteroatoms. The van der Waals surface area contributed by atoms with Crippen molar-refractivity contribution in [1.29, 1.82) is 0 Å². The molecule has 5 nitrogen and oxygen atoms in total. The molecule has 2 heterocycles. The van der Waals surface area contributed by atoms with Gasteiger partial charge in [-0.3, -0.25) is 14.6 Å². The lowest BCUT2D eigenvalue weighted by molar-refractivity contribution is -0.135. The van der Waals surface area contributed by atoms with E-state index in [9.17, 15) is 9.59 Å². The van der Waals surface area contributed by atoms with Crippen LogP contribution in [0.15, 0.2) is 33.3 Å². The molecule has 1 aromatic heterocycles. The van der Waals surface area contributed by atoms with Gasteiger partial charge in [0.2, 0.25) is 11.8 Å². The molecule has 2 aromatic rings. The number of nitrogens with zero attached hydrogens (tertiary/aromatic N) is 2. The molecular weight excluding hydrogens is 558 g/mol. The van der Waals surface area contributed by atoms with Crippen molar-refractivity contribution in [3.05, 3.63) is 60.7 Å². The average Bonchev–Trinajstić information content (AvgIpc) is 3.57. The second-order valence-corrected chi connectivity index (χ2v) is 11.4. The minimum atomic E-state index is -0.356. The van der Waals surface area contributed by atoms with Gasteiger partial charge in [0.15, 0.2) is 0 Å². The van der Waals surface area contributed by atoms with Crippen LogP contribution in [-0.4, -0.2) is 34.8 Å². The molecule has 2 unspecified atom stereocenters. The van der Waals surface area contributed by atoms with Gasteiger partial charge in [-0.05, 0) is 88.8 Å². The van der Waals surface area contributed by atoms with E-state index in [4.69, 9.17) is 22.3 Å². The van der Waals surface area contributed by atoms with Crippen LogP contribution in [0, 0.1) is 17.8 Å². The quantitative estimate of drug-likeness (QED) is 0.563. The molecule has 3 atom stereocenters. The van der Waals surface area contributed by atoms with Crippen LogP contribution in [0.5, 0.6) is 0 Å². The molecule has 1 aliphatic heterocycles. The molecule has 1 saturated heterocycles. The van der Waals surface area contributed by atoms with Crippen LogP contribution in [0.3, 0.4) is 0 Å². The fourth-order valence-corrected chi connectivity index (χ4v) is 7.00. The standard InChI is InChI=1S/C24H24Br2ClN3O2/c25-15-7-14-2-1-13-8-16(27)9-19(26)20(13)21(22(14)29-11-15)12-3-5-30(6-4-12)24(32)18-10-17(18)23(28)31/h7-9,11-12,17-18,21H,1-6,10H2,(H2,28,31)/t17?,18?,21-/m1/s1. The first-order valence-corrected chi connectivity index (χ1v) is 13.0. The summed E-state index contributed by atoms with van der Waals surface area (Å²) in [6.45, 7) is 1.41. The monoisotopic (exact) mass is 579 g/mol. The molecule has 5 rings (SSSR count). The van der Waals surface area contributed by atoms with E-state index >= 15 is 0 Å². The number of halogens is 3. The summed E-state index contributed by atoms with van der Waals surface area (Å²) in [4.78, 5) is 31.0. The lowest BCUT2D eigenvalue weighted by Crippen LogP contribution is -2.41. The third kappa shape index (κ3) is 4.12. The Morgan fingerprint density at radius 3 is 2.47 bits per heavy atom. The molecule has 0 bridgehead atoms. The molecule has 168 valence electrons. The normalized spacial score (nSPS) is 25.0. The number of likely N-dealkylation sites (tertiary alicyclic amines) is 1. The Hall–Kier alpha value is -1.44. The number of nitrogens with two attached hydrogens (primary N) is 1. The highest BCUT2D eigenvalue weighted by atomic mass is 79.9. The van der Waals surface area contributed by atoms with Crippen molar-refractivity contribution >= 4 is 55.3 Å². The number of pyridine rings is 1. The topological polar surface area (TPSA) is 76.3 Å². The van der Waals surface area contributed by atoms with Crippen molar-refractivity contribution in [1.82, 2.24) is 9.88 Å². The number of carbonyl (C=O) groups excluding carboxylic acids is 2. The van der Waals surface area contributed by atoms with Crippen molar-refractivity contribution in [3.63, 3.8) is 0 Å². The SMILES string of the molecule is NC(=O)C1CC1C(=O)N1CCC([C@H]2c3ncc(Br)cc3CCc3cc(Cl)cc(Br)c32)CC1. The lowest BCUT2D eigenvalue weighted by Gasteiger charge is -2.37. The highest BCUT2D eigenvalue weighted by molar-refractivity contribution is 9.10. The molecule has 2 aliphatic carbocycles. The zero-order valence-electron chi connectivity index (χ0n) is 17.5. The van der Waals surface area contributed by atoms with Crippen LogP contribution in [0.25, 0.3) is 0 Å². The summed E-state index contributed by atoms with van der Waals surface area (Å²) in [5.74, 6) is -0.233. The van der Waals surface area contributed by atoms with Crippen LogP contribution >= 0.6 is 43.5 Å². The Balaban J connectivity index is 1.43. The van der Waals surface area contributed by atoms with Crippen LogP contribution in [-0.2, 0) is 22.4 Å². The number of aryl methyl sites for hydroxylation is 2. The molecule has 2 amide bonds. The van der Waals surface area contributed by atoms with Gasteiger partial charge in [-0.15, -0.1) is 0 Å². The van der Waals surface area contributed by atoms with Gasteiger partial charge in [0.1, 0.15) is 0 Å². The smallest absolute Gasteiger partial charge is 0.226 e. The Labute approximate surface area is 209 Å². The number of piperidine rings is 1. The first kappa shape index (κ1) is 22.4. The number of aromatic nitrogens is 1. The summed E-state index contributed by atoms with van der Waals surface area (Å²) in [7, 11) is 0. The number of benzene rings is 1. The van der Waals surface area contributed by atoms with Crippen LogP contribution in [0.4, 0.5) is 0 Å². The van der Waals surface area contributed by atoms with E-state index in [1.54, 1.807) is 0 Å². The number of hydrogen-bond donors (Lipinski definition) is 1. The minimum absolute atomic E-state index is 0.0870. The molecule has 3 aliphatic rings. The van der Waals surface area contributed by atoms with Gasteiger partial charge < -0.3 is 10.6 Å². The molecular formula is C24H24Br2ClN3O2. The van der Waals surface area contributed by atoms with Crippen LogP contribution in [0.2, 0.25) is 5.02 Å². The summed E-state index contributed by atoms with van der Waals surface area (Å²) in [6.07, 6.45) is 6.13. The first-order chi connectivity index (χ1) is 15.3. The Morgan fingerprint density at radius 1 is 1.06 bits per heavy atom. The number of fused-ring (bicyclic) bond motifs is 2. The largest absolute Gasteiger partial charge is 0.369 e. The van der Waals surface area contributed by atoms with E-state index in [0.717, 1.165) is 45.3 Å². The van der Waals surface area contributed by atoms with Gasteiger partial charge >= 0.3 is 0 Å². The highest BCUT2D eigenvalue weighted by Crippen LogP contribution is 2.47. The summed E-state index contributed by atoms with van der Waals surface area (Å²) >= 11 is 13.8. The third-order valence-electron chi connectivity index (χ3n) is 7.21. The Kier molecular flexibility index (Phi) is 6.10. The van der Waals surface area contributed by atoms with Gasteiger partial charge in [-0.1, -0.05) is 27.5 Å². The van der Waals surface area contributed by atoms with Crippen LogP contribution < -0.4 is 5.73 Å². The number of carbonyl (C=O) groups is 2. The fourth-order valence-electron chi connectivity index (χ4n) is 5.50. The number of amides is 2. The zero-order valence-corrected chi connectivity index (χ0v) is 21.4.